The maximum absolute atomic E-state index is 11.9. The first-order valence-electron chi connectivity index (χ1n) is 8.24. The van der Waals surface area contributed by atoms with Crippen LogP contribution < -0.4 is 10.2 Å². The number of amides is 1. The van der Waals surface area contributed by atoms with Crippen LogP contribution in [0, 0.1) is 12.3 Å². The summed E-state index contributed by atoms with van der Waals surface area (Å²) in [6, 6.07) is 13.8. The maximum atomic E-state index is 11.9. The van der Waals surface area contributed by atoms with E-state index in [1.807, 2.05) is 24.3 Å². The Bertz CT molecular complexity index is 768. The summed E-state index contributed by atoms with van der Waals surface area (Å²) in [7, 11) is 0. The van der Waals surface area contributed by atoms with E-state index in [1.165, 1.54) is 0 Å². The fourth-order valence-corrected chi connectivity index (χ4v) is 2.97. The zero-order valence-corrected chi connectivity index (χ0v) is 14.2. The van der Waals surface area contributed by atoms with Crippen molar-refractivity contribution in [2.24, 2.45) is 0 Å². The monoisotopic (exact) mass is 335 g/mol. The molecule has 0 spiro atoms. The van der Waals surface area contributed by atoms with Crippen molar-refractivity contribution in [1.29, 1.82) is 0 Å². The van der Waals surface area contributed by atoms with Crippen LogP contribution >= 0.6 is 0 Å². The van der Waals surface area contributed by atoms with Crippen LogP contribution in [-0.2, 0) is 10.3 Å². The standard InChI is InChI=1S/C20H21N3O2/c1-3-11-21-19(24)16-9-10-18(22-14-16)23-12-13-25-20(2,15-23)17-7-5-4-6-8-17/h1,4-10,14H,11-13,15H2,2H3,(H,21,24). The largest absolute Gasteiger partial charge is 0.367 e. The van der Waals surface area contributed by atoms with Crippen molar-refractivity contribution < 1.29 is 9.53 Å². The van der Waals surface area contributed by atoms with Crippen LogP contribution in [0.2, 0.25) is 0 Å². The predicted octanol–water partition coefficient (Wildman–Crippen LogP) is 2.20. The molecule has 0 radical (unpaired) electrons. The van der Waals surface area contributed by atoms with Crippen molar-refractivity contribution in [3.05, 3.63) is 59.8 Å². The number of terminal acetylenes is 1. The van der Waals surface area contributed by atoms with Crippen molar-refractivity contribution in [3.63, 3.8) is 0 Å². The Kier molecular flexibility index (Phi) is 5.01. The van der Waals surface area contributed by atoms with Crippen LogP contribution in [0.4, 0.5) is 5.82 Å². The molecule has 1 aromatic heterocycles. The lowest BCUT2D eigenvalue weighted by Crippen LogP contribution is -2.48. The lowest BCUT2D eigenvalue weighted by Gasteiger charge is -2.41. The number of carbonyl (C=O) groups excluding carboxylic acids is 1. The third kappa shape index (κ3) is 3.81. The van der Waals surface area contributed by atoms with E-state index in [1.54, 1.807) is 12.3 Å². The molecule has 0 aliphatic carbocycles. The highest BCUT2D eigenvalue weighted by atomic mass is 16.5. The molecule has 0 bridgehead atoms. The van der Waals surface area contributed by atoms with E-state index >= 15 is 0 Å². The summed E-state index contributed by atoms with van der Waals surface area (Å²) in [6.07, 6.45) is 6.73. The number of benzene rings is 1. The van der Waals surface area contributed by atoms with Gasteiger partial charge in [-0.15, -0.1) is 6.42 Å². The summed E-state index contributed by atoms with van der Waals surface area (Å²) < 4.78 is 6.06. The van der Waals surface area contributed by atoms with Crippen LogP contribution in [0.1, 0.15) is 22.8 Å². The molecule has 1 aliphatic rings. The van der Waals surface area contributed by atoms with Crippen LogP contribution in [0.25, 0.3) is 0 Å². The van der Waals surface area contributed by atoms with Gasteiger partial charge >= 0.3 is 0 Å². The Labute approximate surface area is 148 Å². The van der Waals surface area contributed by atoms with Gasteiger partial charge in [-0.25, -0.2) is 4.98 Å². The highest BCUT2D eigenvalue weighted by Crippen LogP contribution is 2.31. The maximum Gasteiger partial charge on any atom is 0.253 e. The number of carbonyl (C=O) groups is 1. The fourth-order valence-electron chi connectivity index (χ4n) is 2.97. The minimum atomic E-state index is -0.385. The van der Waals surface area contributed by atoms with Gasteiger partial charge in [-0.05, 0) is 24.6 Å². The molecule has 1 atom stereocenters. The predicted molar refractivity (Wildman–Crippen MR) is 97.4 cm³/mol. The molecule has 3 rings (SSSR count). The number of pyridine rings is 1. The Balaban J connectivity index is 1.74. The molecule has 128 valence electrons. The first-order valence-corrected chi connectivity index (χ1v) is 8.24. The Morgan fingerprint density at radius 1 is 1.36 bits per heavy atom. The molecule has 5 nitrogen and oxygen atoms in total. The first-order chi connectivity index (χ1) is 12.1. The molecule has 1 unspecified atom stereocenters. The topological polar surface area (TPSA) is 54.5 Å². The molecule has 1 aromatic carbocycles. The highest BCUT2D eigenvalue weighted by molar-refractivity contribution is 5.94. The minimum Gasteiger partial charge on any atom is -0.367 e. The highest BCUT2D eigenvalue weighted by Gasteiger charge is 2.34. The Hall–Kier alpha value is -2.84. The van der Waals surface area contributed by atoms with E-state index in [0.717, 1.165) is 17.9 Å². The van der Waals surface area contributed by atoms with Gasteiger partial charge in [0.25, 0.3) is 5.91 Å². The third-order valence-electron chi connectivity index (χ3n) is 4.34. The Morgan fingerprint density at radius 3 is 2.84 bits per heavy atom. The van der Waals surface area contributed by atoms with E-state index in [0.29, 0.717) is 18.7 Å². The fraction of sp³-hybridized carbons (Fsp3) is 0.300. The molecule has 1 saturated heterocycles. The second-order valence-electron chi connectivity index (χ2n) is 6.16. The second kappa shape index (κ2) is 7.37. The molecule has 2 heterocycles. The number of rotatable bonds is 4. The molecule has 1 amide bonds. The molecule has 1 N–H and O–H groups in total. The summed E-state index contributed by atoms with van der Waals surface area (Å²) in [6.45, 7) is 4.39. The zero-order valence-electron chi connectivity index (χ0n) is 14.2. The minimum absolute atomic E-state index is 0.208. The number of anilines is 1. The van der Waals surface area contributed by atoms with Crippen molar-refractivity contribution in [1.82, 2.24) is 10.3 Å². The van der Waals surface area contributed by atoms with Gasteiger partial charge in [-0.1, -0.05) is 36.3 Å². The van der Waals surface area contributed by atoms with Crippen molar-refractivity contribution >= 4 is 11.7 Å². The molecule has 25 heavy (non-hydrogen) atoms. The van der Waals surface area contributed by atoms with Crippen molar-refractivity contribution in [2.75, 3.05) is 31.1 Å². The molecular weight excluding hydrogens is 314 g/mol. The number of ether oxygens (including phenoxy) is 1. The van der Waals surface area contributed by atoms with Crippen LogP contribution in [0.5, 0.6) is 0 Å². The quantitative estimate of drug-likeness (QED) is 0.871. The molecule has 1 fully saturated rings. The zero-order chi connectivity index (χ0) is 17.7. The number of aromatic nitrogens is 1. The van der Waals surface area contributed by atoms with Gasteiger partial charge < -0.3 is 15.0 Å². The Morgan fingerprint density at radius 2 is 2.16 bits per heavy atom. The number of nitrogens with one attached hydrogen (secondary N) is 1. The van der Waals surface area contributed by atoms with Gasteiger partial charge in [0.2, 0.25) is 0 Å². The molecule has 2 aromatic rings. The van der Waals surface area contributed by atoms with E-state index in [4.69, 9.17) is 11.2 Å². The van der Waals surface area contributed by atoms with Gasteiger partial charge in [-0.2, -0.15) is 0 Å². The van der Waals surface area contributed by atoms with Crippen LogP contribution in [-0.4, -0.2) is 37.1 Å². The van der Waals surface area contributed by atoms with E-state index in [-0.39, 0.29) is 18.1 Å². The SMILES string of the molecule is C#CCNC(=O)c1ccc(N2CCOC(C)(c3ccccc3)C2)nc1. The summed E-state index contributed by atoms with van der Waals surface area (Å²) >= 11 is 0. The van der Waals surface area contributed by atoms with Gasteiger partial charge in [-0.3, -0.25) is 4.79 Å². The third-order valence-corrected chi connectivity index (χ3v) is 4.34. The smallest absolute Gasteiger partial charge is 0.253 e. The lowest BCUT2D eigenvalue weighted by atomic mass is 9.94. The summed E-state index contributed by atoms with van der Waals surface area (Å²) in [5.41, 5.74) is 1.26. The van der Waals surface area contributed by atoms with Crippen LogP contribution in [0.3, 0.4) is 0 Å². The number of hydrogen-bond acceptors (Lipinski definition) is 4. The molecule has 0 saturated carbocycles. The van der Waals surface area contributed by atoms with E-state index in [9.17, 15) is 4.79 Å². The number of hydrogen-bond donors (Lipinski definition) is 1. The summed E-state index contributed by atoms with van der Waals surface area (Å²) in [4.78, 5) is 18.5. The summed E-state index contributed by atoms with van der Waals surface area (Å²) in [5.74, 6) is 3.00. The van der Waals surface area contributed by atoms with Gasteiger partial charge in [0.15, 0.2) is 0 Å². The summed E-state index contributed by atoms with van der Waals surface area (Å²) in [5, 5.41) is 2.63. The molecular formula is C20H21N3O2. The molecule has 5 heteroatoms. The lowest BCUT2D eigenvalue weighted by molar-refractivity contribution is -0.0468. The van der Waals surface area contributed by atoms with Crippen LogP contribution in [0.15, 0.2) is 48.7 Å². The average molecular weight is 335 g/mol. The van der Waals surface area contributed by atoms with E-state index < -0.39 is 0 Å². The average Bonchev–Trinajstić information content (AvgIpc) is 2.67. The normalized spacial score (nSPS) is 19.9. The van der Waals surface area contributed by atoms with Gasteiger partial charge in [0, 0.05) is 12.7 Å². The van der Waals surface area contributed by atoms with Gasteiger partial charge in [0.05, 0.1) is 25.3 Å². The van der Waals surface area contributed by atoms with Crippen molar-refractivity contribution in [2.45, 2.75) is 12.5 Å². The number of morpholine rings is 1. The first kappa shape index (κ1) is 17.0. The number of nitrogens with zero attached hydrogens (tertiary/aromatic N) is 2. The second-order valence-corrected chi connectivity index (χ2v) is 6.16. The molecule has 1 aliphatic heterocycles. The van der Waals surface area contributed by atoms with E-state index in [2.05, 4.69) is 40.2 Å². The van der Waals surface area contributed by atoms with Gasteiger partial charge in [0.1, 0.15) is 11.4 Å². The van der Waals surface area contributed by atoms with Crippen molar-refractivity contribution in [3.8, 4) is 12.3 Å².